The van der Waals surface area contributed by atoms with Gasteiger partial charge in [-0.05, 0) is 26.3 Å². The van der Waals surface area contributed by atoms with E-state index in [4.69, 9.17) is 12.2 Å². The van der Waals surface area contributed by atoms with Gasteiger partial charge in [-0.25, -0.2) is 4.79 Å². The summed E-state index contributed by atoms with van der Waals surface area (Å²) in [4.78, 5) is 15.5. The van der Waals surface area contributed by atoms with E-state index >= 15 is 0 Å². The number of carbonyl (C=O) groups is 1. The maximum Gasteiger partial charge on any atom is 0.329 e. The van der Waals surface area contributed by atoms with Gasteiger partial charge in [0.2, 0.25) is 0 Å². The number of rotatable bonds is 1. The monoisotopic (exact) mass is 198 g/mol. The van der Waals surface area contributed by atoms with Crippen molar-refractivity contribution in [2.45, 2.75) is 20.8 Å². The highest BCUT2D eigenvalue weighted by atomic mass is 32.1. The zero-order valence-electron chi connectivity index (χ0n) is 8.42. The highest BCUT2D eigenvalue weighted by Crippen LogP contribution is 2.22. The molecule has 1 saturated heterocycles. The Kier molecular flexibility index (Phi) is 2.71. The van der Waals surface area contributed by atoms with E-state index in [-0.39, 0.29) is 6.03 Å². The van der Waals surface area contributed by atoms with E-state index in [2.05, 4.69) is 0 Å². The molecule has 0 spiro atoms. The number of urea groups is 1. The summed E-state index contributed by atoms with van der Waals surface area (Å²) in [6.07, 6.45) is 0. The lowest BCUT2D eigenvalue weighted by molar-refractivity contribution is 0.209. The molecule has 0 unspecified atom stereocenters. The second kappa shape index (κ2) is 3.46. The molecule has 0 N–H and O–H groups in total. The van der Waals surface area contributed by atoms with E-state index in [1.807, 2.05) is 20.8 Å². The fourth-order valence-electron chi connectivity index (χ4n) is 1.46. The summed E-state index contributed by atoms with van der Waals surface area (Å²) >= 11 is 5.20. The van der Waals surface area contributed by atoms with E-state index in [1.165, 1.54) is 0 Å². The van der Waals surface area contributed by atoms with Gasteiger partial charge in [-0.1, -0.05) is 12.2 Å². The predicted molar refractivity (Wildman–Crippen MR) is 56.5 cm³/mol. The van der Waals surface area contributed by atoms with Crippen molar-refractivity contribution in [1.82, 2.24) is 9.80 Å². The molecule has 1 fully saturated rings. The van der Waals surface area contributed by atoms with Crippen molar-refractivity contribution in [3.63, 3.8) is 0 Å². The standard InChI is InChI=1S/C9H14N2OS/c1-5-11-8(13)7(6(2)3)10(4)9(11)12/h5H2,1-4H3. The van der Waals surface area contributed by atoms with Crippen LogP contribution in [0.4, 0.5) is 4.79 Å². The second-order valence-electron chi connectivity index (χ2n) is 3.24. The second-order valence-corrected chi connectivity index (χ2v) is 3.63. The fourth-order valence-corrected chi connectivity index (χ4v) is 2.01. The summed E-state index contributed by atoms with van der Waals surface area (Å²) in [7, 11) is 1.76. The van der Waals surface area contributed by atoms with Crippen LogP contribution in [-0.2, 0) is 0 Å². The largest absolute Gasteiger partial charge is 0.329 e. The van der Waals surface area contributed by atoms with Gasteiger partial charge >= 0.3 is 6.03 Å². The van der Waals surface area contributed by atoms with Crippen molar-refractivity contribution >= 4 is 23.2 Å². The van der Waals surface area contributed by atoms with Crippen LogP contribution < -0.4 is 0 Å². The fraction of sp³-hybridized carbons (Fsp3) is 0.556. The van der Waals surface area contributed by atoms with Crippen LogP contribution in [0.5, 0.6) is 0 Å². The van der Waals surface area contributed by atoms with Crippen LogP contribution >= 0.6 is 12.2 Å². The molecular weight excluding hydrogens is 184 g/mol. The number of hydrogen-bond donors (Lipinski definition) is 0. The maximum atomic E-state index is 11.6. The SMILES string of the molecule is CCN1C(=O)N(C)C(=C(C)C)C1=S. The number of amides is 2. The highest BCUT2D eigenvalue weighted by Gasteiger charge is 2.34. The molecule has 0 aromatic carbocycles. The first kappa shape index (κ1) is 10.2. The first-order valence-electron chi connectivity index (χ1n) is 4.27. The van der Waals surface area contributed by atoms with Crippen LogP contribution in [0.3, 0.4) is 0 Å². The Hall–Kier alpha value is -0.900. The van der Waals surface area contributed by atoms with Crippen LogP contribution in [0.2, 0.25) is 0 Å². The number of nitrogens with zero attached hydrogens (tertiary/aromatic N) is 2. The smallest absolute Gasteiger partial charge is 0.294 e. The molecule has 72 valence electrons. The van der Waals surface area contributed by atoms with Gasteiger partial charge in [-0.3, -0.25) is 9.80 Å². The average molecular weight is 198 g/mol. The summed E-state index contributed by atoms with van der Waals surface area (Å²) in [5.41, 5.74) is 1.96. The molecule has 4 heteroatoms. The predicted octanol–water partition coefficient (Wildman–Crippen LogP) is 2.00. The van der Waals surface area contributed by atoms with E-state index < -0.39 is 0 Å². The Morgan fingerprint density at radius 1 is 1.46 bits per heavy atom. The third kappa shape index (κ3) is 1.46. The van der Waals surface area contributed by atoms with Crippen molar-refractivity contribution in [3.05, 3.63) is 11.3 Å². The number of hydrogen-bond acceptors (Lipinski definition) is 2. The van der Waals surface area contributed by atoms with E-state index in [9.17, 15) is 4.79 Å². The summed E-state index contributed by atoms with van der Waals surface area (Å²) in [6.45, 7) is 6.49. The number of likely N-dealkylation sites (N-methyl/N-ethyl adjacent to an activating group) is 2. The molecule has 0 radical (unpaired) electrons. The van der Waals surface area contributed by atoms with Gasteiger partial charge in [0.05, 0.1) is 5.70 Å². The van der Waals surface area contributed by atoms with Crippen molar-refractivity contribution in [3.8, 4) is 0 Å². The first-order chi connectivity index (χ1) is 6.00. The van der Waals surface area contributed by atoms with Gasteiger partial charge in [0, 0.05) is 13.6 Å². The minimum atomic E-state index is -0.0244. The third-order valence-corrected chi connectivity index (χ3v) is 2.50. The summed E-state index contributed by atoms with van der Waals surface area (Å²) in [6, 6.07) is -0.0244. The molecule has 0 atom stereocenters. The maximum absolute atomic E-state index is 11.6. The Labute approximate surface area is 84.0 Å². The minimum Gasteiger partial charge on any atom is -0.294 e. The van der Waals surface area contributed by atoms with Crippen LogP contribution in [0.1, 0.15) is 20.8 Å². The zero-order chi connectivity index (χ0) is 10.2. The Morgan fingerprint density at radius 2 is 2.00 bits per heavy atom. The number of carbonyl (C=O) groups excluding carboxylic acids is 1. The van der Waals surface area contributed by atoms with Crippen LogP contribution in [0.15, 0.2) is 11.3 Å². The molecule has 0 aromatic heterocycles. The zero-order valence-corrected chi connectivity index (χ0v) is 9.23. The molecule has 0 bridgehead atoms. The van der Waals surface area contributed by atoms with Gasteiger partial charge in [-0.15, -0.1) is 0 Å². The molecule has 0 saturated carbocycles. The first-order valence-corrected chi connectivity index (χ1v) is 4.68. The Morgan fingerprint density at radius 3 is 2.23 bits per heavy atom. The van der Waals surface area contributed by atoms with E-state index in [0.717, 1.165) is 11.3 Å². The molecule has 1 aliphatic rings. The van der Waals surface area contributed by atoms with Crippen molar-refractivity contribution in [2.24, 2.45) is 0 Å². The molecule has 1 heterocycles. The van der Waals surface area contributed by atoms with Crippen LogP contribution in [0.25, 0.3) is 0 Å². The highest BCUT2D eigenvalue weighted by molar-refractivity contribution is 7.80. The lowest BCUT2D eigenvalue weighted by Crippen LogP contribution is -2.30. The normalized spacial score (nSPS) is 17.4. The number of thiocarbonyl (C=S) groups is 1. The molecule has 0 aromatic rings. The van der Waals surface area contributed by atoms with Crippen LogP contribution in [0, 0.1) is 0 Å². The molecule has 3 nitrogen and oxygen atoms in total. The lowest BCUT2D eigenvalue weighted by atomic mass is 10.2. The van der Waals surface area contributed by atoms with Gasteiger partial charge in [0.25, 0.3) is 0 Å². The van der Waals surface area contributed by atoms with Crippen molar-refractivity contribution in [2.75, 3.05) is 13.6 Å². The quantitative estimate of drug-likeness (QED) is 0.475. The van der Waals surface area contributed by atoms with Gasteiger partial charge in [0.15, 0.2) is 0 Å². The summed E-state index contributed by atoms with van der Waals surface area (Å²) in [5, 5.41) is 0. The summed E-state index contributed by atoms with van der Waals surface area (Å²) < 4.78 is 0. The van der Waals surface area contributed by atoms with Gasteiger partial charge < -0.3 is 0 Å². The Bertz CT molecular complexity index is 292. The van der Waals surface area contributed by atoms with E-state index in [0.29, 0.717) is 11.5 Å². The molecule has 2 amide bonds. The third-order valence-electron chi connectivity index (χ3n) is 2.09. The molecule has 1 rings (SSSR count). The molecule has 13 heavy (non-hydrogen) atoms. The van der Waals surface area contributed by atoms with Crippen LogP contribution in [-0.4, -0.2) is 34.4 Å². The minimum absolute atomic E-state index is 0.0244. The molecule has 0 aliphatic carbocycles. The number of allylic oxidation sites excluding steroid dienone is 1. The van der Waals surface area contributed by atoms with Gasteiger partial charge in [-0.2, -0.15) is 0 Å². The average Bonchev–Trinajstić information content (AvgIpc) is 2.24. The van der Waals surface area contributed by atoms with E-state index in [1.54, 1.807) is 16.8 Å². The lowest BCUT2D eigenvalue weighted by Gasteiger charge is -2.10. The molecule has 1 aliphatic heterocycles. The van der Waals surface area contributed by atoms with Crippen molar-refractivity contribution < 1.29 is 4.79 Å². The summed E-state index contributed by atoms with van der Waals surface area (Å²) in [5.74, 6) is 0. The Balaban J connectivity index is 3.13. The van der Waals surface area contributed by atoms with Crippen molar-refractivity contribution in [1.29, 1.82) is 0 Å². The molecular formula is C9H14N2OS. The van der Waals surface area contributed by atoms with Gasteiger partial charge in [0.1, 0.15) is 4.99 Å². The topological polar surface area (TPSA) is 23.6 Å².